The molecular formula is C14H18O. The lowest BCUT2D eigenvalue weighted by molar-refractivity contribution is -0.112. The van der Waals surface area contributed by atoms with Crippen LogP contribution in [0.3, 0.4) is 0 Å². The maximum Gasteiger partial charge on any atom is 0.130 e. The highest BCUT2D eigenvalue weighted by molar-refractivity contribution is 5.69. The monoisotopic (exact) mass is 202 g/mol. The molecule has 15 heavy (non-hydrogen) atoms. The fourth-order valence-electron chi connectivity index (χ4n) is 1.81. The van der Waals surface area contributed by atoms with Crippen molar-refractivity contribution in [3.05, 3.63) is 48.0 Å². The van der Waals surface area contributed by atoms with E-state index in [0.29, 0.717) is 6.42 Å². The van der Waals surface area contributed by atoms with Gasteiger partial charge < -0.3 is 4.79 Å². The van der Waals surface area contributed by atoms with Crippen molar-refractivity contribution < 1.29 is 4.79 Å². The van der Waals surface area contributed by atoms with Gasteiger partial charge in [-0.05, 0) is 25.3 Å². The summed E-state index contributed by atoms with van der Waals surface area (Å²) in [6.07, 6.45) is 4.39. The Morgan fingerprint density at radius 3 is 2.33 bits per heavy atom. The molecule has 0 saturated heterocycles. The second-order valence-corrected chi connectivity index (χ2v) is 3.99. The summed E-state index contributed by atoms with van der Waals surface area (Å²) in [6, 6.07) is 8.17. The normalized spacial score (nSPS) is 14.3. The Morgan fingerprint density at radius 2 is 1.93 bits per heavy atom. The predicted molar refractivity (Wildman–Crippen MR) is 64.0 cm³/mol. The Morgan fingerprint density at radius 1 is 1.33 bits per heavy atom. The third kappa shape index (κ3) is 2.35. The van der Waals surface area contributed by atoms with Crippen LogP contribution in [-0.2, 0) is 10.2 Å². The number of carbonyl (C=O) groups is 1. The van der Waals surface area contributed by atoms with Crippen LogP contribution in [-0.4, -0.2) is 6.29 Å². The highest BCUT2D eigenvalue weighted by Crippen LogP contribution is 2.30. The predicted octanol–water partition coefficient (Wildman–Crippen LogP) is 3.42. The van der Waals surface area contributed by atoms with Gasteiger partial charge in [-0.1, -0.05) is 42.8 Å². The van der Waals surface area contributed by atoms with Gasteiger partial charge >= 0.3 is 0 Å². The highest BCUT2D eigenvalue weighted by atomic mass is 16.1. The van der Waals surface area contributed by atoms with Gasteiger partial charge in [-0.3, -0.25) is 0 Å². The molecule has 0 saturated carbocycles. The largest absolute Gasteiger partial charge is 0.302 e. The number of carbonyl (C=O) groups excluding carboxylic acids is 1. The molecule has 0 aliphatic rings. The van der Waals surface area contributed by atoms with E-state index >= 15 is 0 Å². The molecule has 0 radical (unpaired) electrons. The summed E-state index contributed by atoms with van der Waals surface area (Å²) in [5, 5.41) is 0. The van der Waals surface area contributed by atoms with Gasteiger partial charge in [-0.25, -0.2) is 0 Å². The molecule has 0 bridgehead atoms. The van der Waals surface area contributed by atoms with Crippen molar-refractivity contribution in [1.29, 1.82) is 0 Å². The van der Waals surface area contributed by atoms with E-state index in [-0.39, 0.29) is 5.41 Å². The van der Waals surface area contributed by atoms with Gasteiger partial charge in [-0.2, -0.15) is 0 Å². The van der Waals surface area contributed by atoms with E-state index in [1.165, 1.54) is 5.56 Å². The second-order valence-electron chi connectivity index (χ2n) is 3.99. The maximum absolute atomic E-state index is 11.3. The summed E-state index contributed by atoms with van der Waals surface area (Å²) in [5.41, 5.74) is 1.92. The van der Waals surface area contributed by atoms with Crippen LogP contribution in [0.15, 0.2) is 36.9 Å². The van der Waals surface area contributed by atoms with E-state index < -0.39 is 0 Å². The lowest BCUT2D eigenvalue weighted by atomic mass is 9.76. The van der Waals surface area contributed by atoms with Gasteiger partial charge in [-0.15, -0.1) is 6.58 Å². The number of hydrogen-bond acceptors (Lipinski definition) is 1. The highest BCUT2D eigenvalue weighted by Gasteiger charge is 2.28. The second kappa shape index (κ2) is 4.92. The molecule has 1 heteroatoms. The molecule has 0 amide bonds. The Balaban J connectivity index is 3.13. The first-order valence-electron chi connectivity index (χ1n) is 5.33. The Kier molecular flexibility index (Phi) is 3.84. The minimum atomic E-state index is -0.380. The van der Waals surface area contributed by atoms with Gasteiger partial charge in [0.15, 0.2) is 0 Å². The zero-order chi connectivity index (χ0) is 11.3. The molecule has 0 spiro atoms. The zero-order valence-corrected chi connectivity index (χ0v) is 9.49. The van der Waals surface area contributed by atoms with E-state index in [1.54, 1.807) is 0 Å². The molecule has 1 atom stereocenters. The molecule has 0 unspecified atom stereocenters. The van der Waals surface area contributed by atoms with Crippen molar-refractivity contribution in [3.8, 4) is 0 Å². The van der Waals surface area contributed by atoms with Crippen LogP contribution < -0.4 is 0 Å². The van der Waals surface area contributed by atoms with E-state index in [9.17, 15) is 4.79 Å². The molecule has 0 fully saturated rings. The van der Waals surface area contributed by atoms with Crippen molar-refractivity contribution in [1.82, 2.24) is 0 Å². The molecule has 0 aromatic heterocycles. The number of benzene rings is 1. The minimum absolute atomic E-state index is 0.380. The van der Waals surface area contributed by atoms with Crippen molar-refractivity contribution in [2.24, 2.45) is 0 Å². The van der Waals surface area contributed by atoms with E-state index in [1.807, 2.05) is 44.2 Å². The molecule has 80 valence electrons. The smallest absolute Gasteiger partial charge is 0.130 e. The number of aldehydes is 1. The van der Waals surface area contributed by atoms with E-state index in [0.717, 1.165) is 18.3 Å². The van der Waals surface area contributed by atoms with E-state index in [4.69, 9.17) is 0 Å². The summed E-state index contributed by atoms with van der Waals surface area (Å²) >= 11 is 0. The van der Waals surface area contributed by atoms with Crippen molar-refractivity contribution in [2.45, 2.75) is 32.1 Å². The van der Waals surface area contributed by atoms with Crippen LogP contribution in [0.5, 0.6) is 0 Å². The van der Waals surface area contributed by atoms with Gasteiger partial charge in [0.05, 0.1) is 5.41 Å². The van der Waals surface area contributed by atoms with Gasteiger partial charge in [0.25, 0.3) is 0 Å². The summed E-state index contributed by atoms with van der Waals surface area (Å²) in [5.74, 6) is 0. The minimum Gasteiger partial charge on any atom is -0.302 e. The van der Waals surface area contributed by atoms with Crippen molar-refractivity contribution >= 4 is 6.29 Å². The third-order valence-corrected chi connectivity index (χ3v) is 2.99. The van der Waals surface area contributed by atoms with Gasteiger partial charge in [0, 0.05) is 0 Å². The van der Waals surface area contributed by atoms with Crippen LogP contribution in [0.25, 0.3) is 0 Å². The molecule has 1 rings (SSSR count). The summed E-state index contributed by atoms with van der Waals surface area (Å²) in [6.45, 7) is 7.81. The molecule has 0 aliphatic carbocycles. The molecule has 1 aromatic carbocycles. The van der Waals surface area contributed by atoms with E-state index in [2.05, 4.69) is 6.58 Å². The van der Waals surface area contributed by atoms with Crippen molar-refractivity contribution in [3.63, 3.8) is 0 Å². The third-order valence-electron chi connectivity index (χ3n) is 2.99. The summed E-state index contributed by atoms with van der Waals surface area (Å²) in [4.78, 5) is 11.3. The lowest BCUT2D eigenvalue weighted by Gasteiger charge is -2.25. The summed E-state index contributed by atoms with van der Waals surface area (Å²) < 4.78 is 0. The average molecular weight is 202 g/mol. The Bertz CT molecular complexity index is 337. The molecule has 1 aromatic rings. The average Bonchev–Trinajstić information content (AvgIpc) is 2.27. The van der Waals surface area contributed by atoms with Crippen molar-refractivity contribution in [2.75, 3.05) is 0 Å². The van der Waals surface area contributed by atoms with Crippen LogP contribution in [0.4, 0.5) is 0 Å². The van der Waals surface area contributed by atoms with Crippen LogP contribution in [0, 0.1) is 6.92 Å². The number of allylic oxidation sites excluding steroid dienone is 1. The zero-order valence-electron chi connectivity index (χ0n) is 9.49. The molecule has 0 heterocycles. The first kappa shape index (κ1) is 11.7. The number of hydrogen-bond donors (Lipinski definition) is 0. The topological polar surface area (TPSA) is 17.1 Å². The Labute approximate surface area is 91.8 Å². The number of aryl methyl sites for hydroxylation is 1. The molecule has 0 aliphatic heterocycles. The lowest BCUT2D eigenvalue weighted by Crippen LogP contribution is -2.26. The Hall–Kier alpha value is -1.37. The number of rotatable bonds is 5. The first-order valence-corrected chi connectivity index (χ1v) is 5.33. The quantitative estimate of drug-likeness (QED) is 0.528. The van der Waals surface area contributed by atoms with Crippen LogP contribution >= 0.6 is 0 Å². The SMILES string of the molecule is C=CC[C@](C=O)(CC)c1ccc(C)cc1. The van der Waals surface area contributed by atoms with Gasteiger partial charge in [0.2, 0.25) is 0 Å². The molecule has 1 nitrogen and oxygen atoms in total. The molecule has 0 N–H and O–H groups in total. The fourth-order valence-corrected chi connectivity index (χ4v) is 1.81. The first-order chi connectivity index (χ1) is 7.18. The van der Waals surface area contributed by atoms with Crippen LogP contribution in [0.2, 0.25) is 0 Å². The fraction of sp³-hybridized carbons (Fsp3) is 0.357. The maximum atomic E-state index is 11.3. The molecular weight excluding hydrogens is 184 g/mol. The van der Waals surface area contributed by atoms with Crippen LogP contribution in [0.1, 0.15) is 30.9 Å². The van der Waals surface area contributed by atoms with Gasteiger partial charge in [0.1, 0.15) is 6.29 Å². The summed E-state index contributed by atoms with van der Waals surface area (Å²) in [7, 11) is 0. The standard InChI is InChI=1S/C14H18O/c1-4-10-14(5-2,11-15)13-8-6-12(3)7-9-13/h4,6-9,11H,1,5,10H2,2-3H3/t14-/m0/s1.